The van der Waals surface area contributed by atoms with Gasteiger partial charge >= 0.3 is 0 Å². The van der Waals surface area contributed by atoms with Crippen molar-refractivity contribution in [2.75, 3.05) is 6.54 Å². The van der Waals surface area contributed by atoms with Crippen LogP contribution in [0.15, 0.2) is 0 Å². The van der Waals surface area contributed by atoms with Crippen molar-refractivity contribution in [3.63, 3.8) is 0 Å². The van der Waals surface area contributed by atoms with E-state index in [0.29, 0.717) is 17.8 Å². The van der Waals surface area contributed by atoms with E-state index < -0.39 is 0 Å². The average Bonchev–Trinajstić information content (AvgIpc) is 2.27. The van der Waals surface area contributed by atoms with Crippen molar-refractivity contribution in [2.24, 2.45) is 29.4 Å². The van der Waals surface area contributed by atoms with Gasteiger partial charge in [-0.25, -0.2) is 0 Å². The Balaban J connectivity index is 4.01. The van der Waals surface area contributed by atoms with Crippen molar-refractivity contribution in [1.29, 1.82) is 0 Å². The SMILES string of the molecule is CC(N)CCCC(C)C(=O)NCC(C(C)C)C(C)C. The molecule has 0 aliphatic carbocycles. The summed E-state index contributed by atoms with van der Waals surface area (Å²) in [5.41, 5.74) is 5.72. The first-order valence-corrected chi connectivity index (χ1v) is 7.79. The molecule has 0 saturated carbocycles. The van der Waals surface area contributed by atoms with Gasteiger partial charge in [0.25, 0.3) is 0 Å². The molecule has 0 heterocycles. The lowest BCUT2D eigenvalue weighted by Crippen LogP contribution is -2.36. The minimum atomic E-state index is 0.0960. The van der Waals surface area contributed by atoms with Gasteiger partial charge in [0.2, 0.25) is 5.91 Å². The Morgan fingerprint density at radius 2 is 1.53 bits per heavy atom. The molecule has 0 radical (unpaired) electrons. The second-order valence-corrected chi connectivity index (χ2v) is 6.71. The predicted octanol–water partition coefficient (Wildman–Crippen LogP) is 3.18. The van der Waals surface area contributed by atoms with Crippen LogP contribution in [-0.2, 0) is 4.79 Å². The van der Waals surface area contributed by atoms with Crippen molar-refractivity contribution in [1.82, 2.24) is 5.32 Å². The van der Waals surface area contributed by atoms with Crippen LogP contribution in [-0.4, -0.2) is 18.5 Å². The van der Waals surface area contributed by atoms with Crippen LogP contribution < -0.4 is 11.1 Å². The first-order chi connectivity index (χ1) is 8.75. The third-order valence-electron chi connectivity index (χ3n) is 3.97. The first kappa shape index (κ1) is 18.4. The highest BCUT2D eigenvalue weighted by molar-refractivity contribution is 5.78. The molecule has 19 heavy (non-hydrogen) atoms. The van der Waals surface area contributed by atoms with Crippen LogP contribution in [0.1, 0.15) is 60.8 Å². The summed E-state index contributed by atoms with van der Waals surface area (Å²) in [6.45, 7) is 13.7. The maximum atomic E-state index is 12.0. The molecule has 3 nitrogen and oxygen atoms in total. The summed E-state index contributed by atoms with van der Waals surface area (Å²) in [5, 5.41) is 3.11. The predicted molar refractivity (Wildman–Crippen MR) is 82.8 cm³/mol. The topological polar surface area (TPSA) is 55.1 Å². The fourth-order valence-electron chi connectivity index (χ4n) is 2.51. The van der Waals surface area contributed by atoms with E-state index in [1.54, 1.807) is 0 Å². The molecule has 2 atom stereocenters. The third-order valence-corrected chi connectivity index (χ3v) is 3.97. The van der Waals surface area contributed by atoms with Gasteiger partial charge in [-0.15, -0.1) is 0 Å². The molecule has 0 bridgehead atoms. The Morgan fingerprint density at radius 3 is 1.95 bits per heavy atom. The standard InChI is InChI=1S/C16H34N2O/c1-11(2)15(12(3)4)10-18-16(19)13(5)8-7-9-14(6)17/h11-15H,7-10,17H2,1-6H3,(H,18,19). The maximum absolute atomic E-state index is 12.0. The summed E-state index contributed by atoms with van der Waals surface area (Å²) in [6.07, 6.45) is 2.96. The maximum Gasteiger partial charge on any atom is 0.222 e. The summed E-state index contributed by atoms with van der Waals surface area (Å²) in [4.78, 5) is 12.0. The summed E-state index contributed by atoms with van der Waals surface area (Å²) in [5.74, 6) is 2.05. The quantitative estimate of drug-likeness (QED) is 0.676. The summed E-state index contributed by atoms with van der Waals surface area (Å²) >= 11 is 0. The molecular formula is C16H34N2O. The highest BCUT2D eigenvalue weighted by Crippen LogP contribution is 2.19. The molecule has 114 valence electrons. The zero-order valence-electron chi connectivity index (χ0n) is 13.7. The second-order valence-electron chi connectivity index (χ2n) is 6.71. The van der Waals surface area contributed by atoms with E-state index in [2.05, 4.69) is 33.0 Å². The van der Waals surface area contributed by atoms with Gasteiger partial charge in [0.15, 0.2) is 0 Å². The van der Waals surface area contributed by atoms with Crippen LogP contribution in [0.4, 0.5) is 0 Å². The minimum absolute atomic E-state index is 0.0960. The zero-order valence-corrected chi connectivity index (χ0v) is 13.7. The van der Waals surface area contributed by atoms with E-state index in [0.717, 1.165) is 25.8 Å². The molecule has 3 N–H and O–H groups in total. The fourth-order valence-corrected chi connectivity index (χ4v) is 2.51. The Hall–Kier alpha value is -0.570. The van der Waals surface area contributed by atoms with Gasteiger partial charge in [-0.2, -0.15) is 0 Å². The molecule has 0 aromatic carbocycles. The number of hydrogen-bond acceptors (Lipinski definition) is 2. The van der Waals surface area contributed by atoms with Crippen molar-refractivity contribution < 1.29 is 4.79 Å². The van der Waals surface area contributed by atoms with E-state index in [-0.39, 0.29) is 17.9 Å². The van der Waals surface area contributed by atoms with Crippen molar-refractivity contribution in [2.45, 2.75) is 66.8 Å². The van der Waals surface area contributed by atoms with Gasteiger partial charge in [0, 0.05) is 18.5 Å². The smallest absolute Gasteiger partial charge is 0.222 e. The highest BCUT2D eigenvalue weighted by Gasteiger charge is 2.20. The normalized spacial score (nSPS) is 15.1. The van der Waals surface area contributed by atoms with Gasteiger partial charge < -0.3 is 11.1 Å². The molecule has 0 aromatic rings. The molecule has 0 saturated heterocycles. The van der Waals surface area contributed by atoms with Crippen molar-refractivity contribution in [3.8, 4) is 0 Å². The Bertz CT molecular complexity index is 241. The van der Waals surface area contributed by atoms with Crippen LogP contribution >= 0.6 is 0 Å². The van der Waals surface area contributed by atoms with Crippen LogP contribution in [0.5, 0.6) is 0 Å². The average molecular weight is 270 g/mol. The van der Waals surface area contributed by atoms with E-state index in [1.807, 2.05) is 13.8 Å². The fraction of sp³-hybridized carbons (Fsp3) is 0.938. The zero-order chi connectivity index (χ0) is 15.0. The number of carbonyl (C=O) groups is 1. The third kappa shape index (κ3) is 8.25. The number of amides is 1. The molecule has 0 spiro atoms. The van der Waals surface area contributed by atoms with Gasteiger partial charge in [-0.3, -0.25) is 4.79 Å². The Morgan fingerprint density at radius 1 is 1.00 bits per heavy atom. The second kappa shape index (κ2) is 9.35. The van der Waals surface area contributed by atoms with Crippen LogP contribution in [0.25, 0.3) is 0 Å². The molecule has 0 fully saturated rings. The summed E-state index contributed by atoms with van der Waals surface area (Å²) < 4.78 is 0. The number of nitrogens with two attached hydrogens (primary N) is 1. The lowest BCUT2D eigenvalue weighted by Gasteiger charge is -2.25. The largest absolute Gasteiger partial charge is 0.356 e. The van der Waals surface area contributed by atoms with Crippen LogP contribution in [0.3, 0.4) is 0 Å². The Labute approximate surface area is 119 Å². The lowest BCUT2D eigenvalue weighted by atomic mass is 9.85. The van der Waals surface area contributed by atoms with Gasteiger partial charge in [-0.05, 0) is 37.5 Å². The molecule has 1 amide bonds. The van der Waals surface area contributed by atoms with E-state index in [9.17, 15) is 4.79 Å². The summed E-state index contributed by atoms with van der Waals surface area (Å²) in [7, 11) is 0. The summed E-state index contributed by atoms with van der Waals surface area (Å²) in [6, 6.07) is 0.238. The van der Waals surface area contributed by atoms with Gasteiger partial charge in [-0.1, -0.05) is 41.0 Å². The molecule has 0 aromatic heterocycles. The molecule has 0 aliphatic heterocycles. The molecular weight excluding hydrogens is 236 g/mol. The number of carbonyl (C=O) groups excluding carboxylic acids is 1. The molecule has 3 heteroatoms. The van der Waals surface area contributed by atoms with Crippen LogP contribution in [0, 0.1) is 23.7 Å². The number of rotatable bonds is 9. The first-order valence-electron chi connectivity index (χ1n) is 7.79. The monoisotopic (exact) mass is 270 g/mol. The van der Waals surface area contributed by atoms with Crippen LogP contribution in [0.2, 0.25) is 0 Å². The molecule has 2 unspecified atom stereocenters. The van der Waals surface area contributed by atoms with Crippen molar-refractivity contribution in [3.05, 3.63) is 0 Å². The van der Waals surface area contributed by atoms with Gasteiger partial charge in [0.1, 0.15) is 0 Å². The van der Waals surface area contributed by atoms with E-state index in [4.69, 9.17) is 5.73 Å². The molecule has 0 rings (SSSR count). The van der Waals surface area contributed by atoms with Gasteiger partial charge in [0.05, 0.1) is 0 Å². The highest BCUT2D eigenvalue weighted by atomic mass is 16.1. The van der Waals surface area contributed by atoms with E-state index >= 15 is 0 Å². The lowest BCUT2D eigenvalue weighted by molar-refractivity contribution is -0.125. The number of hydrogen-bond donors (Lipinski definition) is 2. The number of nitrogens with one attached hydrogen (secondary N) is 1. The van der Waals surface area contributed by atoms with Crippen molar-refractivity contribution >= 4 is 5.91 Å². The minimum Gasteiger partial charge on any atom is -0.356 e. The van der Waals surface area contributed by atoms with E-state index in [1.165, 1.54) is 0 Å². The molecule has 0 aliphatic rings. The Kier molecular flexibility index (Phi) is 9.07.